The summed E-state index contributed by atoms with van der Waals surface area (Å²) >= 11 is 0. The lowest BCUT2D eigenvalue weighted by atomic mass is 10.1. The lowest BCUT2D eigenvalue weighted by Gasteiger charge is -2.30. The first-order chi connectivity index (χ1) is 16.7. The number of carbonyl (C=O) groups excluding carboxylic acids is 2. The van der Waals surface area contributed by atoms with Crippen molar-refractivity contribution >= 4 is 21.8 Å². The van der Waals surface area contributed by atoms with Crippen LogP contribution in [0.5, 0.6) is 11.5 Å². The van der Waals surface area contributed by atoms with Gasteiger partial charge in [-0.2, -0.15) is 0 Å². The Morgan fingerprint density at radius 3 is 2.17 bits per heavy atom. The van der Waals surface area contributed by atoms with Gasteiger partial charge in [0.1, 0.15) is 0 Å². The second kappa shape index (κ2) is 11.6. The van der Waals surface area contributed by atoms with Crippen molar-refractivity contribution < 1.29 is 27.5 Å². The second-order valence-electron chi connectivity index (χ2n) is 8.90. The molecular weight excluding hydrogens is 468 g/mol. The minimum absolute atomic E-state index is 0.0601. The van der Waals surface area contributed by atoms with Gasteiger partial charge in [0.15, 0.2) is 11.5 Å². The third-order valence-corrected chi connectivity index (χ3v) is 7.48. The van der Waals surface area contributed by atoms with E-state index < -0.39 is 15.9 Å². The Morgan fingerprint density at radius 1 is 0.943 bits per heavy atom. The minimum Gasteiger partial charge on any atom is -0.493 e. The van der Waals surface area contributed by atoms with Crippen LogP contribution in [-0.4, -0.2) is 56.0 Å². The van der Waals surface area contributed by atoms with E-state index in [1.807, 2.05) is 42.2 Å². The molecule has 2 aromatic carbocycles. The van der Waals surface area contributed by atoms with E-state index in [2.05, 4.69) is 0 Å². The Labute approximate surface area is 207 Å². The smallest absolute Gasteiger partial charge is 0.236 e. The fraction of sp³-hybridized carbons (Fsp3) is 0.462. The highest BCUT2D eigenvalue weighted by Crippen LogP contribution is 2.36. The quantitative estimate of drug-likeness (QED) is 0.440. The Kier molecular flexibility index (Phi) is 8.77. The van der Waals surface area contributed by atoms with Gasteiger partial charge in [-0.3, -0.25) is 9.59 Å². The maximum absolute atomic E-state index is 13.2. The molecule has 35 heavy (non-hydrogen) atoms. The van der Waals surface area contributed by atoms with Gasteiger partial charge < -0.3 is 14.4 Å². The van der Waals surface area contributed by atoms with Gasteiger partial charge in [0.2, 0.25) is 21.8 Å². The van der Waals surface area contributed by atoms with Crippen molar-refractivity contribution in [3.05, 3.63) is 59.7 Å². The molecule has 1 unspecified atom stereocenters. The van der Waals surface area contributed by atoms with Crippen molar-refractivity contribution in [2.75, 3.05) is 20.5 Å². The SMILES string of the molecule is COc1cccc(CN(C(=O)CCC(=O)N(Cc2ccccc2)C(C)C2CC2)S(C)(=O)=O)c1OC. The number of methoxy groups -OCH3 is 2. The van der Waals surface area contributed by atoms with E-state index in [-0.39, 0.29) is 31.3 Å². The molecule has 1 fully saturated rings. The molecule has 2 aromatic rings. The average Bonchev–Trinajstić information content (AvgIpc) is 3.69. The van der Waals surface area contributed by atoms with Gasteiger partial charge >= 0.3 is 0 Å². The molecule has 0 saturated heterocycles. The second-order valence-corrected chi connectivity index (χ2v) is 10.8. The van der Waals surface area contributed by atoms with Gasteiger partial charge in [-0.1, -0.05) is 42.5 Å². The van der Waals surface area contributed by atoms with Crippen LogP contribution in [-0.2, 0) is 32.7 Å². The third-order valence-electron chi connectivity index (χ3n) is 6.34. The molecule has 0 N–H and O–H groups in total. The van der Waals surface area contributed by atoms with Gasteiger partial charge in [0, 0.05) is 31.0 Å². The van der Waals surface area contributed by atoms with Crippen LogP contribution in [0.15, 0.2) is 48.5 Å². The third kappa shape index (κ3) is 6.97. The van der Waals surface area contributed by atoms with Crippen LogP contribution in [0.25, 0.3) is 0 Å². The summed E-state index contributed by atoms with van der Waals surface area (Å²) in [7, 11) is -0.945. The van der Waals surface area contributed by atoms with Crippen LogP contribution in [0.3, 0.4) is 0 Å². The standard InChI is InChI=1S/C26H34N2O6S/c1-19(21-13-14-21)27(17-20-9-6-5-7-10-20)24(29)15-16-25(30)28(35(4,31)32)18-22-11-8-12-23(33-2)26(22)34-3/h5-12,19,21H,13-18H2,1-4H3. The summed E-state index contributed by atoms with van der Waals surface area (Å²) in [5.41, 5.74) is 1.51. The van der Waals surface area contributed by atoms with Crippen LogP contribution in [0.2, 0.25) is 0 Å². The molecule has 0 aromatic heterocycles. The molecule has 9 heteroatoms. The highest BCUT2D eigenvalue weighted by Gasteiger charge is 2.35. The number of nitrogens with zero attached hydrogens (tertiary/aromatic N) is 2. The fourth-order valence-corrected chi connectivity index (χ4v) is 5.01. The first kappa shape index (κ1) is 26.5. The van der Waals surface area contributed by atoms with Crippen LogP contribution in [0, 0.1) is 5.92 Å². The lowest BCUT2D eigenvalue weighted by molar-refractivity contribution is -0.137. The van der Waals surface area contributed by atoms with E-state index in [1.54, 1.807) is 18.2 Å². The maximum Gasteiger partial charge on any atom is 0.236 e. The van der Waals surface area contributed by atoms with Crippen molar-refractivity contribution in [1.82, 2.24) is 9.21 Å². The van der Waals surface area contributed by atoms with Gasteiger partial charge in [-0.25, -0.2) is 12.7 Å². The largest absolute Gasteiger partial charge is 0.493 e. The number of hydrogen-bond acceptors (Lipinski definition) is 6. The molecule has 3 rings (SSSR count). The number of para-hydroxylation sites is 1. The summed E-state index contributed by atoms with van der Waals surface area (Å²) in [6.07, 6.45) is 2.88. The molecule has 1 saturated carbocycles. The Morgan fingerprint density at radius 2 is 1.60 bits per heavy atom. The summed E-state index contributed by atoms with van der Waals surface area (Å²) in [5, 5.41) is 0. The van der Waals surface area contributed by atoms with Crippen molar-refractivity contribution in [2.45, 2.75) is 51.7 Å². The van der Waals surface area contributed by atoms with Gasteiger partial charge in [-0.05, 0) is 37.3 Å². The number of amides is 2. The molecule has 0 heterocycles. The maximum atomic E-state index is 13.2. The molecular formula is C26H34N2O6S. The number of sulfonamides is 1. The van der Waals surface area contributed by atoms with Crippen LogP contribution >= 0.6 is 0 Å². The van der Waals surface area contributed by atoms with Crippen LogP contribution in [0.4, 0.5) is 0 Å². The summed E-state index contributed by atoms with van der Waals surface area (Å²) in [5.74, 6) is 0.469. The van der Waals surface area contributed by atoms with Crippen LogP contribution < -0.4 is 9.47 Å². The summed E-state index contributed by atoms with van der Waals surface area (Å²) in [6, 6.07) is 14.9. The molecule has 0 spiro atoms. The summed E-state index contributed by atoms with van der Waals surface area (Å²) in [4.78, 5) is 28.1. The first-order valence-corrected chi connectivity index (χ1v) is 13.5. The van der Waals surface area contributed by atoms with E-state index in [4.69, 9.17) is 9.47 Å². The number of hydrogen-bond donors (Lipinski definition) is 0. The summed E-state index contributed by atoms with van der Waals surface area (Å²) in [6.45, 7) is 2.29. The van der Waals surface area contributed by atoms with Gasteiger partial charge in [0.05, 0.1) is 27.0 Å². The number of rotatable bonds is 12. The highest BCUT2D eigenvalue weighted by atomic mass is 32.2. The fourth-order valence-electron chi connectivity index (χ4n) is 4.18. The molecule has 0 bridgehead atoms. The predicted molar refractivity (Wildman–Crippen MR) is 133 cm³/mol. The zero-order valence-electron chi connectivity index (χ0n) is 20.8. The molecule has 190 valence electrons. The van der Waals surface area contributed by atoms with Gasteiger partial charge in [0.25, 0.3) is 0 Å². The molecule has 8 nitrogen and oxygen atoms in total. The number of benzene rings is 2. The van der Waals surface area contributed by atoms with E-state index in [1.165, 1.54) is 14.2 Å². The Hall–Kier alpha value is -3.07. The molecule has 1 atom stereocenters. The predicted octanol–water partition coefficient (Wildman–Crippen LogP) is 3.60. The van der Waals surface area contributed by atoms with Crippen molar-refractivity contribution in [3.63, 3.8) is 0 Å². The monoisotopic (exact) mass is 502 g/mol. The van der Waals surface area contributed by atoms with E-state index in [9.17, 15) is 18.0 Å². The molecule has 0 radical (unpaired) electrons. The van der Waals surface area contributed by atoms with Crippen molar-refractivity contribution in [3.8, 4) is 11.5 Å². The lowest BCUT2D eigenvalue weighted by Crippen LogP contribution is -2.41. The van der Waals surface area contributed by atoms with Crippen LogP contribution in [0.1, 0.15) is 43.7 Å². The molecule has 1 aliphatic carbocycles. The molecule has 0 aliphatic heterocycles. The molecule has 1 aliphatic rings. The van der Waals surface area contributed by atoms with E-state index in [0.717, 1.165) is 29.0 Å². The first-order valence-electron chi connectivity index (χ1n) is 11.7. The zero-order valence-corrected chi connectivity index (χ0v) is 21.6. The Balaban J connectivity index is 1.73. The van der Waals surface area contributed by atoms with E-state index in [0.29, 0.717) is 29.5 Å². The Bertz CT molecular complexity index is 1130. The average molecular weight is 503 g/mol. The molecule has 2 amide bonds. The minimum atomic E-state index is -3.88. The zero-order chi connectivity index (χ0) is 25.6. The highest BCUT2D eigenvalue weighted by molar-refractivity contribution is 7.88. The van der Waals surface area contributed by atoms with Crippen molar-refractivity contribution in [2.24, 2.45) is 5.92 Å². The normalized spacial score (nSPS) is 14.2. The van der Waals surface area contributed by atoms with Gasteiger partial charge in [-0.15, -0.1) is 0 Å². The summed E-state index contributed by atoms with van der Waals surface area (Å²) < 4.78 is 36.4. The van der Waals surface area contributed by atoms with E-state index >= 15 is 0 Å². The number of carbonyl (C=O) groups is 2. The number of ether oxygens (including phenoxy) is 2. The van der Waals surface area contributed by atoms with Crippen molar-refractivity contribution in [1.29, 1.82) is 0 Å². The topological polar surface area (TPSA) is 93.2 Å².